The van der Waals surface area contributed by atoms with Crippen LogP contribution < -0.4 is 5.73 Å². The summed E-state index contributed by atoms with van der Waals surface area (Å²) in [4.78, 5) is 3.77. The summed E-state index contributed by atoms with van der Waals surface area (Å²) in [5.41, 5.74) is 8.07. The number of nitrogens with two attached hydrogens (primary N) is 1. The first kappa shape index (κ1) is 14.6. The Morgan fingerprint density at radius 3 is 2.74 bits per heavy atom. The van der Waals surface area contributed by atoms with Gasteiger partial charge in [-0.25, -0.2) is 0 Å². The maximum atomic E-state index is 6.05. The van der Waals surface area contributed by atoms with E-state index in [0.29, 0.717) is 6.04 Å². The lowest BCUT2D eigenvalue weighted by atomic mass is 10.1. The Morgan fingerprint density at radius 2 is 2.11 bits per heavy atom. The van der Waals surface area contributed by atoms with Crippen molar-refractivity contribution in [1.82, 2.24) is 4.90 Å². The van der Waals surface area contributed by atoms with Crippen LogP contribution in [0.4, 0.5) is 5.69 Å². The molecule has 1 aromatic heterocycles. The predicted octanol–water partition coefficient (Wildman–Crippen LogP) is 4.16. The molecule has 0 bridgehead atoms. The van der Waals surface area contributed by atoms with Crippen molar-refractivity contribution in [2.24, 2.45) is 0 Å². The number of hydrogen-bond acceptors (Lipinski definition) is 3. The minimum absolute atomic E-state index is 0.491. The molecule has 0 amide bonds. The molecule has 0 saturated carbocycles. The average molecular weight is 339 g/mol. The van der Waals surface area contributed by atoms with E-state index in [0.717, 1.165) is 23.1 Å². The number of nitrogen functional groups attached to an aromatic ring is 1. The molecule has 1 aromatic carbocycles. The second-order valence-electron chi connectivity index (χ2n) is 4.86. The van der Waals surface area contributed by atoms with Crippen LogP contribution in [-0.2, 0) is 13.0 Å². The van der Waals surface area contributed by atoms with Crippen molar-refractivity contribution in [3.8, 4) is 0 Å². The Labute approximate surface area is 127 Å². The first-order valence-electron chi connectivity index (χ1n) is 6.33. The van der Waals surface area contributed by atoms with Crippen molar-refractivity contribution in [1.29, 1.82) is 0 Å². The molecule has 0 aliphatic heterocycles. The zero-order chi connectivity index (χ0) is 13.8. The van der Waals surface area contributed by atoms with Gasteiger partial charge in [-0.2, -0.15) is 0 Å². The van der Waals surface area contributed by atoms with Gasteiger partial charge in [0, 0.05) is 33.2 Å². The Kier molecular flexibility index (Phi) is 5.02. The molecule has 1 atom stereocenters. The predicted molar refractivity (Wildman–Crippen MR) is 87.5 cm³/mol. The molecule has 1 unspecified atom stereocenters. The van der Waals surface area contributed by atoms with Crippen LogP contribution in [0.25, 0.3) is 0 Å². The van der Waals surface area contributed by atoms with Gasteiger partial charge in [-0.05, 0) is 44.0 Å². The molecule has 0 spiro atoms. The number of likely N-dealkylation sites (N-methyl/N-ethyl adjacent to an activating group) is 1. The van der Waals surface area contributed by atoms with Gasteiger partial charge in [0.2, 0.25) is 0 Å². The van der Waals surface area contributed by atoms with Crippen LogP contribution in [0.2, 0.25) is 0 Å². The molecule has 2 rings (SSSR count). The standard InChI is InChI=1S/C15H19BrN2S/c1-11(9-12-5-4-8-19-12)18(2)10-13-14(16)6-3-7-15(13)17/h3-8,11H,9-10,17H2,1-2H3. The maximum Gasteiger partial charge on any atom is 0.0371 e. The first-order chi connectivity index (χ1) is 9.08. The van der Waals surface area contributed by atoms with E-state index >= 15 is 0 Å². The monoisotopic (exact) mass is 338 g/mol. The van der Waals surface area contributed by atoms with Crippen LogP contribution >= 0.6 is 27.3 Å². The minimum atomic E-state index is 0.491. The van der Waals surface area contributed by atoms with Crippen molar-refractivity contribution in [3.63, 3.8) is 0 Å². The molecule has 0 aliphatic carbocycles. The van der Waals surface area contributed by atoms with Crippen LogP contribution in [0, 0.1) is 0 Å². The van der Waals surface area contributed by atoms with Crippen LogP contribution in [-0.4, -0.2) is 18.0 Å². The van der Waals surface area contributed by atoms with E-state index in [1.165, 1.54) is 10.4 Å². The Hall–Kier alpha value is -0.840. The highest BCUT2D eigenvalue weighted by Gasteiger charge is 2.14. The van der Waals surface area contributed by atoms with E-state index in [1.807, 2.05) is 29.5 Å². The molecule has 4 heteroatoms. The highest BCUT2D eigenvalue weighted by molar-refractivity contribution is 9.10. The molecule has 0 saturated heterocycles. The summed E-state index contributed by atoms with van der Waals surface area (Å²) in [5.74, 6) is 0. The summed E-state index contributed by atoms with van der Waals surface area (Å²) in [5, 5.41) is 2.13. The van der Waals surface area contributed by atoms with E-state index in [-0.39, 0.29) is 0 Å². The smallest absolute Gasteiger partial charge is 0.0371 e. The Balaban J connectivity index is 2.02. The highest BCUT2D eigenvalue weighted by atomic mass is 79.9. The summed E-state index contributed by atoms with van der Waals surface area (Å²) >= 11 is 5.40. The molecule has 102 valence electrons. The van der Waals surface area contributed by atoms with Gasteiger partial charge < -0.3 is 5.73 Å². The lowest BCUT2D eigenvalue weighted by Crippen LogP contribution is -2.30. The topological polar surface area (TPSA) is 29.3 Å². The fourth-order valence-electron chi connectivity index (χ4n) is 2.02. The van der Waals surface area contributed by atoms with Crippen molar-refractivity contribution >= 4 is 33.0 Å². The summed E-state index contributed by atoms with van der Waals surface area (Å²) < 4.78 is 1.09. The van der Waals surface area contributed by atoms with E-state index in [4.69, 9.17) is 5.73 Å². The first-order valence-corrected chi connectivity index (χ1v) is 8.00. The number of benzene rings is 1. The zero-order valence-corrected chi connectivity index (χ0v) is 13.7. The number of thiophene rings is 1. The lowest BCUT2D eigenvalue weighted by molar-refractivity contribution is 0.249. The number of halogens is 1. The third kappa shape index (κ3) is 3.81. The van der Waals surface area contributed by atoms with Crippen molar-refractivity contribution in [2.75, 3.05) is 12.8 Å². The van der Waals surface area contributed by atoms with Crippen LogP contribution in [0.15, 0.2) is 40.2 Å². The Bertz CT molecular complexity index is 505. The third-order valence-corrected chi connectivity index (χ3v) is 5.03. The molecule has 19 heavy (non-hydrogen) atoms. The summed E-state index contributed by atoms with van der Waals surface area (Å²) in [6.45, 7) is 3.12. The quantitative estimate of drug-likeness (QED) is 0.829. The minimum Gasteiger partial charge on any atom is -0.398 e. The van der Waals surface area contributed by atoms with Crippen molar-refractivity contribution < 1.29 is 0 Å². The van der Waals surface area contributed by atoms with Crippen LogP contribution in [0.1, 0.15) is 17.4 Å². The van der Waals surface area contributed by atoms with E-state index < -0.39 is 0 Å². The van der Waals surface area contributed by atoms with E-state index in [9.17, 15) is 0 Å². The van der Waals surface area contributed by atoms with Gasteiger partial charge >= 0.3 is 0 Å². The van der Waals surface area contributed by atoms with Gasteiger partial charge in [0.1, 0.15) is 0 Å². The number of nitrogens with zero attached hydrogens (tertiary/aromatic N) is 1. The van der Waals surface area contributed by atoms with Gasteiger partial charge in [-0.1, -0.05) is 28.1 Å². The summed E-state index contributed by atoms with van der Waals surface area (Å²) in [6.07, 6.45) is 1.08. The number of hydrogen-bond donors (Lipinski definition) is 1. The molecule has 0 fully saturated rings. The molecule has 2 aromatic rings. The van der Waals surface area contributed by atoms with E-state index in [2.05, 4.69) is 52.3 Å². The van der Waals surface area contributed by atoms with Gasteiger partial charge in [-0.15, -0.1) is 11.3 Å². The van der Waals surface area contributed by atoms with Crippen LogP contribution in [0.3, 0.4) is 0 Å². The number of rotatable bonds is 5. The molecule has 0 radical (unpaired) electrons. The largest absolute Gasteiger partial charge is 0.398 e. The second kappa shape index (κ2) is 6.55. The van der Waals surface area contributed by atoms with Gasteiger partial charge in [-0.3, -0.25) is 4.90 Å². The van der Waals surface area contributed by atoms with Crippen LogP contribution in [0.5, 0.6) is 0 Å². The molecular formula is C15H19BrN2S. The van der Waals surface area contributed by atoms with Crippen molar-refractivity contribution in [2.45, 2.75) is 25.9 Å². The second-order valence-corrected chi connectivity index (χ2v) is 6.74. The molecule has 2 N–H and O–H groups in total. The zero-order valence-electron chi connectivity index (χ0n) is 11.3. The highest BCUT2D eigenvalue weighted by Crippen LogP contribution is 2.25. The lowest BCUT2D eigenvalue weighted by Gasteiger charge is -2.25. The number of anilines is 1. The van der Waals surface area contributed by atoms with Gasteiger partial charge in [0.05, 0.1) is 0 Å². The molecule has 1 heterocycles. The van der Waals surface area contributed by atoms with Gasteiger partial charge in [0.15, 0.2) is 0 Å². The molecule has 0 aliphatic rings. The maximum absolute atomic E-state index is 6.05. The van der Waals surface area contributed by atoms with Gasteiger partial charge in [0.25, 0.3) is 0 Å². The molecular weight excluding hydrogens is 320 g/mol. The third-order valence-electron chi connectivity index (χ3n) is 3.39. The fraction of sp³-hybridized carbons (Fsp3) is 0.333. The SMILES string of the molecule is CC(Cc1cccs1)N(C)Cc1c(N)cccc1Br. The fourth-order valence-corrected chi connectivity index (χ4v) is 3.36. The Morgan fingerprint density at radius 1 is 1.32 bits per heavy atom. The summed E-state index contributed by atoms with van der Waals surface area (Å²) in [7, 11) is 2.15. The normalized spacial score (nSPS) is 12.8. The van der Waals surface area contributed by atoms with Crippen molar-refractivity contribution in [3.05, 3.63) is 50.6 Å². The summed E-state index contributed by atoms with van der Waals surface area (Å²) in [6, 6.07) is 10.8. The molecule has 2 nitrogen and oxygen atoms in total. The van der Waals surface area contributed by atoms with E-state index in [1.54, 1.807) is 0 Å². The average Bonchev–Trinajstić information content (AvgIpc) is 2.86.